The lowest BCUT2D eigenvalue weighted by Crippen LogP contribution is -2.51. The van der Waals surface area contributed by atoms with Gasteiger partial charge in [0.2, 0.25) is 5.91 Å². The summed E-state index contributed by atoms with van der Waals surface area (Å²) in [5.74, 6) is 0.823. The highest BCUT2D eigenvalue weighted by Gasteiger charge is 2.23. The van der Waals surface area contributed by atoms with Crippen LogP contribution in [-0.4, -0.2) is 54.8 Å². The maximum atomic E-state index is 11.9. The quantitative estimate of drug-likeness (QED) is 0.774. The fourth-order valence-electron chi connectivity index (χ4n) is 2.57. The summed E-state index contributed by atoms with van der Waals surface area (Å²) < 4.78 is 4.90. The van der Waals surface area contributed by atoms with Crippen molar-refractivity contribution in [2.45, 2.75) is 38.3 Å². The zero-order valence-corrected chi connectivity index (χ0v) is 13.3. The topological polar surface area (TPSA) is 93.4 Å². The van der Waals surface area contributed by atoms with Crippen LogP contribution in [0.3, 0.4) is 0 Å². The first kappa shape index (κ1) is 16.6. The number of aromatic nitrogens is 2. The lowest BCUT2D eigenvalue weighted by atomic mass is 10.0. The van der Waals surface area contributed by atoms with E-state index in [0.717, 1.165) is 43.9 Å². The van der Waals surface area contributed by atoms with Crippen molar-refractivity contribution < 1.29 is 9.53 Å². The van der Waals surface area contributed by atoms with Crippen molar-refractivity contribution in [2.24, 2.45) is 5.73 Å². The average molecular weight is 307 g/mol. The second kappa shape index (κ2) is 8.05. The minimum Gasteiger partial charge on any atom is -0.383 e. The van der Waals surface area contributed by atoms with Crippen LogP contribution < -0.4 is 16.0 Å². The smallest absolute Gasteiger partial charge is 0.239 e. The molecule has 0 bridgehead atoms. The third-order valence-electron chi connectivity index (χ3n) is 3.92. The summed E-state index contributed by atoms with van der Waals surface area (Å²) in [6.45, 7) is 4.05. The molecule has 3 N–H and O–H groups in total. The Morgan fingerprint density at radius 3 is 2.86 bits per heavy atom. The molecule has 22 heavy (non-hydrogen) atoms. The van der Waals surface area contributed by atoms with Gasteiger partial charge in [-0.15, -0.1) is 0 Å². The minimum atomic E-state index is -0.600. The number of amides is 1. The number of rotatable bonds is 6. The van der Waals surface area contributed by atoms with Crippen LogP contribution in [-0.2, 0) is 16.0 Å². The number of hydrogen-bond donors (Lipinski definition) is 2. The highest BCUT2D eigenvalue weighted by molar-refractivity contribution is 5.81. The first-order valence-electron chi connectivity index (χ1n) is 7.74. The van der Waals surface area contributed by atoms with Crippen LogP contribution in [0.2, 0.25) is 0 Å². The molecule has 0 aromatic carbocycles. The van der Waals surface area contributed by atoms with Gasteiger partial charge in [0.05, 0.1) is 6.61 Å². The summed E-state index contributed by atoms with van der Waals surface area (Å²) in [6, 6.07) is 1.60. The van der Waals surface area contributed by atoms with E-state index in [1.54, 1.807) is 6.33 Å². The van der Waals surface area contributed by atoms with Crippen LogP contribution in [0.4, 0.5) is 5.82 Å². The predicted octanol–water partition coefficient (Wildman–Crippen LogP) is 0.0977. The molecule has 1 amide bonds. The van der Waals surface area contributed by atoms with Crippen molar-refractivity contribution in [1.82, 2.24) is 15.3 Å². The molecule has 1 unspecified atom stereocenters. The van der Waals surface area contributed by atoms with Crippen LogP contribution in [0.15, 0.2) is 12.4 Å². The van der Waals surface area contributed by atoms with E-state index >= 15 is 0 Å². The number of nitrogens with one attached hydrogen (secondary N) is 1. The number of aryl methyl sites for hydroxylation is 1. The number of nitrogens with two attached hydrogens (primary N) is 1. The zero-order valence-electron chi connectivity index (χ0n) is 13.3. The fourth-order valence-corrected chi connectivity index (χ4v) is 2.57. The van der Waals surface area contributed by atoms with Gasteiger partial charge in [-0.25, -0.2) is 9.97 Å². The third-order valence-corrected chi connectivity index (χ3v) is 3.92. The van der Waals surface area contributed by atoms with Crippen LogP contribution >= 0.6 is 0 Å². The van der Waals surface area contributed by atoms with E-state index in [4.69, 9.17) is 10.5 Å². The number of anilines is 1. The van der Waals surface area contributed by atoms with E-state index in [1.807, 2.05) is 6.07 Å². The van der Waals surface area contributed by atoms with Crippen LogP contribution in [0.5, 0.6) is 0 Å². The number of hydrogen-bond acceptors (Lipinski definition) is 6. The molecule has 2 rings (SSSR count). The van der Waals surface area contributed by atoms with Crippen molar-refractivity contribution in [3.05, 3.63) is 18.1 Å². The Hall–Kier alpha value is -1.73. The van der Waals surface area contributed by atoms with Gasteiger partial charge in [-0.05, 0) is 19.3 Å². The number of nitrogens with zero attached hydrogens (tertiary/aromatic N) is 3. The summed E-state index contributed by atoms with van der Waals surface area (Å²) in [5.41, 5.74) is 6.78. The van der Waals surface area contributed by atoms with Gasteiger partial charge in [0.25, 0.3) is 0 Å². The van der Waals surface area contributed by atoms with E-state index in [0.29, 0.717) is 0 Å². The first-order chi connectivity index (χ1) is 10.6. The molecule has 1 aliphatic heterocycles. The Kier molecular flexibility index (Phi) is 6.09. The lowest BCUT2D eigenvalue weighted by molar-refractivity contribution is -0.124. The summed E-state index contributed by atoms with van der Waals surface area (Å²) in [6.07, 6.45) is 4.29. The molecular weight excluding hydrogens is 282 g/mol. The second-order valence-electron chi connectivity index (χ2n) is 5.55. The third kappa shape index (κ3) is 4.38. The maximum Gasteiger partial charge on any atom is 0.239 e. The van der Waals surface area contributed by atoms with E-state index in [-0.39, 0.29) is 18.6 Å². The van der Waals surface area contributed by atoms with Gasteiger partial charge in [-0.1, -0.05) is 6.92 Å². The summed E-state index contributed by atoms with van der Waals surface area (Å²) in [5, 5.41) is 2.99. The molecule has 2 heterocycles. The lowest BCUT2D eigenvalue weighted by Gasteiger charge is -2.33. The Bertz CT molecular complexity index is 489. The van der Waals surface area contributed by atoms with Gasteiger partial charge in [-0.3, -0.25) is 4.79 Å². The largest absolute Gasteiger partial charge is 0.383 e. The van der Waals surface area contributed by atoms with E-state index in [1.165, 1.54) is 7.11 Å². The number of carbonyl (C=O) groups excluding carboxylic acids is 1. The Morgan fingerprint density at radius 1 is 1.50 bits per heavy atom. The molecule has 1 aromatic rings. The highest BCUT2D eigenvalue weighted by Crippen LogP contribution is 2.18. The van der Waals surface area contributed by atoms with E-state index < -0.39 is 6.04 Å². The maximum absolute atomic E-state index is 11.9. The van der Waals surface area contributed by atoms with E-state index in [2.05, 4.69) is 27.1 Å². The molecule has 0 spiro atoms. The van der Waals surface area contributed by atoms with Crippen molar-refractivity contribution >= 4 is 11.7 Å². The molecule has 1 aromatic heterocycles. The Labute approximate surface area is 131 Å². The first-order valence-corrected chi connectivity index (χ1v) is 7.74. The Balaban J connectivity index is 1.83. The molecular formula is C15H25N5O2. The number of methoxy groups -OCH3 is 1. The fraction of sp³-hybridized carbons (Fsp3) is 0.667. The van der Waals surface area contributed by atoms with Crippen molar-refractivity contribution in [3.63, 3.8) is 0 Å². The van der Waals surface area contributed by atoms with Crippen LogP contribution in [0.25, 0.3) is 0 Å². The van der Waals surface area contributed by atoms with Crippen molar-refractivity contribution in [3.8, 4) is 0 Å². The van der Waals surface area contributed by atoms with Gasteiger partial charge in [0.15, 0.2) is 0 Å². The van der Waals surface area contributed by atoms with Gasteiger partial charge in [-0.2, -0.15) is 0 Å². The molecule has 1 fully saturated rings. The molecule has 1 atom stereocenters. The van der Waals surface area contributed by atoms with Crippen LogP contribution in [0.1, 0.15) is 25.5 Å². The van der Waals surface area contributed by atoms with E-state index in [9.17, 15) is 4.79 Å². The molecule has 1 saturated heterocycles. The molecule has 1 aliphatic rings. The normalized spacial score (nSPS) is 17.3. The van der Waals surface area contributed by atoms with Gasteiger partial charge < -0.3 is 20.7 Å². The minimum absolute atomic E-state index is 0.143. The zero-order chi connectivity index (χ0) is 15.9. The molecule has 0 aliphatic carbocycles. The number of piperidine rings is 1. The van der Waals surface area contributed by atoms with Crippen LogP contribution in [0, 0.1) is 0 Å². The number of carbonyl (C=O) groups is 1. The summed E-state index contributed by atoms with van der Waals surface area (Å²) >= 11 is 0. The second-order valence-corrected chi connectivity index (χ2v) is 5.55. The Morgan fingerprint density at radius 2 is 2.23 bits per heavy atom. The molecule has 122 valence electrons. The SMILES string of the molecule is CCc1cc(N2CCC(NC(=O)C(N)COC)CC2)ncn1. The molecule has 0 radical (unpaired) electrons. The summed E-state index contributed by atoms with van der Waals surface area (Å²) in [7, 11) is 1.54. The molecule has 7 nitrogen and oxygen atoms in total. The summed E-state index contributed by atoms with van der Waals surface area (Å²) in [4.78, 5) is 22.7. The van der Waals surface area contributed by atoms with Crippen molar-refractivity contribution in [1.29, 1.82) is 0 Å². The molecule has 0 saturated carbocycles. The van der Waals surface area contributed by atoms with Crippen molar-refractivity contribution in [2.75, 3.05) is 31.7 Å². The van der Waals surface area contributed by atoms with Gasteiger partial charge in [0, 0.05) is 38.0 Å². The average Bonchev–Trinajstić information content (AvgIpc) is 2.55. The monoisotopic (exact) mass is 307 g/mol. The predicted molar refractivity (Wildman–Crippen MR) is 84.6 cm³/mol. The number of ether oxygens (including phenoxy) is 1. The standard InChI is InChI=1S/C15H25N5O2/c1-3-11-8-14(18-10-17-11)20-6-4-12(5-7-20)19-15(21)13(16)9-22-2/h8,10,12-13H,3-7,9,16H2,1-2H3,(H,19,21). The highest BCUT2D eigenvalue weighted by atomic mass is 16.5. The molecule has 7 heteroatoms. The van der Waals surface area contributed by atoms with Gasteiger partial charge in [0.1, 0.15) is 18.2 Å². The van der Waals surface area contributed by atoms with Gasteiger partial charge >= 0.3 is 0 Å².